The minimum absolute atomic E-state index is 0.427. The van der Waals surface area contributed by atoms with Crippen molar-refractivity contribution in [3.8, 4) is 11.8 Å². The topological polar surface area (TPSA) is 57.7 Å². The minimum Gasteiger partial charge on any atom is -0.350 e. The number of aryl methyl sites for hydroxylation is 1. The minimum atomic E-state index is 0.427. The fraction of sp³-hybridized carbons (Fsp3) is 0.500. The molecule has 2 heterocycles. The second-order valence-electron chi connectivity index (χ2n) is 6.01. The number of hydrogen-bond acceptors (Lipinski definition) is 4. The number of aromatic nitrogens is 3. The Kier molecular flexibility index (Phi) is 4.61. The summed E-state index contributed by atoms with van der Waals surface area (Å²) < 4.78 is 0. The van der Waals surface area contributed by atoms with Crippen LogP contribution in [0.15, 0.2) is 24.3 Å². The zero-order valence-electron chi connectivity index (χ0n) is 13.9. The van der Waals surface area contributed by atoms with Gasteiger partial charge in [0, 0.05) is 12.6 Å². The van der Waals surface area contributed by atoms with Crippen LogP contribution in [0.4, 0.5) is 5.82 Å². The summed E-state index contributed by atoms with van der Waals surface area (Å²) in [5.41, 5.74) is 2.57. The molecule has 23 heavy (non-hydrogen) atoms. The van der Waals surface area contributed by atoms with Crippen molar-refractivity contribution < 1.29 is 0 Å². The average Bonchev–Trinajstić information content (AvgIpc) is 3.05. The highest BCUT2D eigenvalue weighted by Gasteiger charge is 2.27. The molecule has 0 radical (unpaired) electrons. The Morgan fingerprint density at radius 3 is 2.78 bits per heavy atom. The summed E-state index contributed by atoms with van der Waals surface area (Å²) in [6.07, 6.45) is 5.56. The first kappa shape index (κ1) is 15.5. The molecule has 1 saturated heterocycles. The Balaban J connectivity index is 2.03. The fourth-order valence-electron chi connectivity index (χ4n) is 3.38. The summed E-state index contributed by atoms with van der Waals surface area (Å²) in [4.78, 5) is 3.91. The predicted octanol–water partition coefficient (Wildman–Crippen LogP) is 3.47. The van der Waals surface area contributed by atoms with Crippen LogP contribution >= 0.6 is 0 Å². The normalized spacial score (nSPS) is 18.0. The summed E-state index contributed by atoms with van der Waals surface area (Å²) in [6, 6.07) is 10.8. The molecular formula is C18H23N5. The molecule has 3 rings (SSSR count). The van der Waals surface area contributed by atoms with E-state index in [2.05, 4.69) is 36.0 Å². The third-order valence-corrected chi connectivity index (χ3v) is 4.66. The maximum absolute atomic E-state index is 9.50. The molecule has 1 aliphatic heterocycles. The molecule has 1 atom stereocenters. The Morgan fingerprint density at radius 2 is 2.04 bits per heavy atom. The molecule has 0 saturated carbocycles. The van der Waals surface area contributed by atoms with Crippen LogP contribution in [0.25, 0.3) is 5.69 Å². The van der Waals surface area contributed by atoms with Crippen molar-refractivity contribution in [1.82, 2.24) is 15.0 Å². The fourth-order valence-corrected chi connectivity index (χ4v) is 3.38. The van der Waals surface area contributed by atoms with Crippen molar-refractivity contribution in [3.05, 3.63) is 35.5 Å². The zero-order valence-corrected chi connectivity index (χ0v) is 13.9. The molecular weight excluding hydrogens is 286 g/mol. The highest BCUT2D eigenvalue weighted by Crippen LogP contribution is 2.27. The molecule has 5 heteroatoms. The van der Waals surface area contributed by atoms with E-state index in [0.29, 0.717) is 11.7 Å². The Labute approximate surface area is 137 Å². The average molecular weight is 309 g/mol. The summed E-state index contributed by atoms with van der Waals surface area (Å²) in [5.74, 6) is 0.741. The largest absolute Gasteiger partial charge is 0.350 e. The van der Waals surface area contributed by atoms with Crippen LogP contribution in [0.5, 0.6) is 0 Å². The number of benzene rings is 1. The van der Waals surface area contributed by atoms with Crippen LogP contribution in [0.3, 0.4) is 0 Å². The Morgan fingerprint density at radius 1 is 1.22 bits per heavy atom. The van der Waals surface area contributed by atoms with Crippen LogP contribution in [-0.2, 0) is 6.42 Å². The molecule has 0 bridgehead atoms. The van der Waals surface area contributed by atoms with Gasteiger partial charge in [-0.15, -0.1) is 15.0 Å². The zero-order chi connectivity index (χ0) is 16.2. The van der Waals surface area contributed by atoms with E-state index in [0.717, 1.165) is 37.3 Å². The Hall–Kier alpha value is -2.35. The number of nitrogens with zero attached hydrogens (tertiary/aromatic N) is 5. The highest BCUT2D eigenvalue weighted by molar-refractivity contribution is 5.52. The molecule has 0 aliphatic carbocycles. The standard InChI is InChI=1S/C18H23N5/c1-3-14-9-5-6-11-17(14)23-20-16(13-19)18(21-23)22-12-8-7-10-15(22)4-2/h5-6,9,11,15H,3-4,7-8,10,12H2,1-2H3/t15-/m0/s1. The van der Waals surface area contributed by atoms with Gasteiger partial charge in [0.15, 0.2) is 5.82 Å². The lowest BCUT2D eigenvalue weighted by Gasteiger charge is -2.35. The molecule has 1 fully saturated rings. The summed E-state index contributed by atoms with van der Waals surface area (Å²) in [6.45, 7) is 5.28. The van der Waals surface area contributed by atoms with Gasteiger partial charge in [-0.3, -0.25) is 0 Å². The lowest BCUT2D eigenvalue weighted by atomic mass is 10.00. The molecule has 120 valence electrons. The SMILES string of the molecule is CCc1ccccc1-n1nc(C#N)c(N2CCCC[C@@H]2CC)n1. The van der Waals surface area contributed by atoms with Gasteiger partial charge in [-0.1, -0.05) is 32.0 Å². The predicted molar refractivity (Wildman–Crippen MR) is 90.7 cm³/mol. The first-order valence-corrected chi connectivity index (χ1v) is 8.50. The van der Waals surface area contributed by atoms with Crippen LogP contribution in [0, 0.1) is 11.3 Å². The van der Waals surface area contributed by atoms with E-state index in [4.69, 9.17) is 5.10 Å². The van der Waals surface area contributed by atoms with E-state index < -0.39 is 0 Å². The molecule has 5 nitrogen and oxygen atoms in total. The van der Waals surface area contributed by atoms with E-state index >= 15 is 0 Å². The third kappa shape index (κ3) is 2.94. The number of piperidine rings is 1. The lowest BCUT2D eigenvalue weighted by molar-refractivity contribution is 0.445. The van der Waals surface area contributed by atoms with Crippen LogP contribution in [0.2, 0.25) is 0 Å². The van der Waals surface area contributed by atoms with Crippen molar-refractivity contribution in [3.63, 3.8) is 0 Å². The van der Waals surface area contributed by atoms with Gasteiger partial charge in [0.1, 0.15) is 6.07 Å². The van der Waals surface area contributed by atoms with E-state index in [1.807, 2.05) is 18.2 Å². The number of hydrogen-bond donors (Lipinski definition) is 0. The molecule has 0 unspecified atom stereocenters. The van der Waals surface area contributed by atoms with E-state index in [9.17, 15) is 5.26 Å². The van der Waals surface area contributed by atoms with Gasteiger partial charge in [0.25, 0.3) is 0 Å². The number of para-hydroxylation sites is 1. The van der Waals surface area contributed by atoms with Crippen LogP contribution in [-0.4, -0.2) is 27.6 Å². The first-order chi connectivity index (χ1) is 11.3. The quantitative estimate of drug-likeness (QED) is 0.867. The second kappa shape index (κ2) is 6.82. The van der Waals surface area contributed by atoms with Crippen LogP contribution in [0.1, 0.15) is 50.8 Å². The van der Waals surface area contributed by atoms with Crippen molar-refractivity contribution in [2.75, 3.05) is 11.4 Å². The first-order valence-electron chi connectivity index (χ1n) is 8.50. The van der Waals surface area contributed by atoms with Crippen molar-refractivity contribution in [1.29, 1.82) is 5.26 Å². The molecule has 0 amide bonds. The summed E-state index contributed by atoms with van der Waals surface area (Å²) >= 11 is 0. The summed E-state index contributed by atoms with van der Waals surface area (Å²) in [7, 11) is 0. The second-order valence-corrected chi connectivity index (χ2v) is 6.01. The monoisotopic (exact) mass is 309 g/mol. The van der Waals surface area contributed by atoms with Crippen molar-refractivity contribution >= 4 is 5.82 Å². The molecule has 1 aliphatic rings. The van der Waals surface area contributed by atoms with Crippen LogP contribution < -0.4 is 4.90 Å². The van der Waals surface area contributed by atoms with Gasteiger partial charge >= 0.3 is 0 Å². The third-order valence-electron chi connectivity index (χ3n) is 4.66. The lowest BCUT2D eigenvalue weighted by Crippen LogP contribution is -2.39. The Bertz CT molecular complexity index is 712. The molecule has 2 aromatic rings. The highest BCUT2D eigenvalue weighted by atomic mass is 15.5. The van der Waals surface area contributed by atoms with Crippen molar-refractivity contribution in [2.45, 2.75) is 52.0 Å². The maximum Gasteiger partial charge on any atom is 0.207 e. The number of rotatable bonds is 4. The molecule has 0 N–H and O–H groups in total. The molecule has 1 aromatic heterocycles. The van der Waals surface area contributed by atoms with E-state index in [1.54, 1.807) is 4.80 Å². The maximum atomic E-state index is 9.50. The molecule has 1 aromatic carbocycles. The van der Waals surface area contributed by atoms with Gasteiger partial charge in [-0.2, -0.15) is 5.26 Å². The van der Waals surface area contributed by atoms with Gasteiger partial charge in [0.2, 0.25) is 5.69 Å². The smallest absolute Gasteiger partial charge is 0.207 e. The van der Waals surface area contributed by atoms with Gasteiger partial charge < -0.3 is 4.90 Å². The van der Waals surface area contributed by atoms with E-state index in [-0.39, 0.29) is 0 Å². The van der Waals surface area contributed by atoms with Crippen molar-refractivity contribution in [2.24, 2.45) is 0 Å². The van der Waals surface area contributed by atoms with E-state index in [1.165, 1.54) is 18.4 Å². The summed E-state index contributed by atoms with van der Waals surface area (Å²) in [5, 5.41) is 18.6. The number of anilines is 1. The van der Waals surface area contributed by atoms with Gasteiger partial charge in [0.05, 0.1) is 5.69 Å². The van der Waals surface area contributed by atoms with Gasteiger partial charge in [-0.25, -0.2) is 0 Å². The number of nitriles is 1. The molecule has 0 spiro atoms. The van der Waals surface area contributed by atoms with Gasteiger partial charge in [-0.05, 0) is 43.7 Å².